The van der Waals surface area contributed by atoms with Gasteiger partial charge >= 0.3 is 5.97 Å². The number of carbonyl (C=O) groups excluding carboxylic acids is 2. The van der Waals surface area contributed by atoms with Gasteiger partial charge in [-0.25, -0.2) is 9.48 Å². The number of thioether (sulfide) groups is 1. The number of β-lactam (4-membered cyclic amide) rings is 1. The lowest BCUT2D eigenvalue weighted by Gasteiger charge is -2.49. The van der Waals surface area contributed by atoms with Crippen molar-refractivity contribution in [3.8, 4) is 0 Å². The van der Waals surface area contributed by atoms with Gasteiger partial charge in [0, 0.05) is 12.8 Å². The van der Waals surface area contributed by atoms with Gasteiger partial charge in [-0.3, -0.25) is 18.7 Å². The Bertz CT molecular complexity index is 1140. The zero-order valence-electron chi connectivity index (χ0n) is 16.6. The normalized spacial score (nSPS) is 23.4. The molecule has 2 aromatic rings. The first-order valence-electron chi connectivity index (χ1n) is 9.33. The summed E-state index contributed by atoms with van der Waals surface area (Å²) in [5.74, 6) is -2.81. The molecule has 0 spiro atoms. The highest BCUT2D eigenvalue weighted by Gasteiger charge is 2.57. The van der Waals surface area contributed by atoms with E-state index in [1.165, 1.54) is 4.68 Å². The third kappa shape index (κ3) is 3.91. The minimum Gasteiger partial charge on any atom is -0.477 e. The minimum atomic E-state index is -1.66. The zero-order chi connectivity index (χ0) is 23.0. The predicted molar refractivity (Wildman–Crippen MR) is 111 cm³/mol. The maximum absolute atomic E-state index is 12.9. The van der Waals surface area contributed by atoms with Crippen LogP contribution in [0.2, 0.25) is 0 Å². The number of nitrogens with one attached hydrogen (secondary N) is 1. The number of nitrogens with zero attached hydrogens (tertiary/aromatic N) is 5. The molecule has 1 aromatic heterocycles. The van der Waals surface area contributed by atoms with Crippen molar-refractivity contribution in [2.75, 3.05) is 11.5 Å². The van der Waals surface area contributed by atoms with E-state index in [2.05, 4.69) is 20.8 Å². The largest absolute Gasteiger partial charge is 0.477 e. The Kier molecular flexibility index (Phi) is 6.08. The second kappa shape index (κ2) is 8.80. The van der Waals surface area contributed by atoms with Crippen LogP contribution in [-0.4, -0.2) is 80.2 Å². The second-order valence-corrected chi connectivity index (χ2v) is 9.53. The quantitative estimate of drug-likeness (QED) is 0.324. The highest BCUT2D eigenvalue weighted by Crippen LogP contribution is 2.36. The Morgan fingerprint density at radius 1 is 1.34 bits per heavy atom. The number of hydrogen-bond donors (Lipinski definition) is 3. The number of amides is 2. The van der Waals surface area contributed by atoms with E-state index in [9.17, 15) is 28.8 Å². The smallest absolute Gasteiger partial charge is 0.352 e. The average Bonchev–Trinajstić information content (AvgIpc) is 3.19. The van der Waals surface area contributed by atoms with Gasteiger partial charge in [-0.05, 0) is 21.6 Å². The van der Waals surface area contributed by atoms with E-state index < -0.39 is 46.1 Å². The summed E-state index contributed by atoms with van der Waals surface area (Å²) >= 11 is 1.16. The van der Waals surface area contributed by atoms with Crippen LogP contribution < -0.4 is 5.32 Å². The van der Waals surface area contributed by atoms with Gasteiger partial charge in [0.2, 0.25) is 5.16 Å². The fourth-order valence-corrected chi connectivity index (χ4v) is 6.15. The van der Waals surface area contributed by atoms with Crippen molar-refractivity contribution < 1.29 is 28.8 Å². The molecule has 1 saturated heterocycles. The zero-order valence-corrected chi connectivity index (χ0v) is 18.2. The van der Waals surface area contributed by atoms with Gasteiger partial charge in [0.05, 0.1) is 16.6 Å². The van der Waals surface area contributed by atoms with E-state index in [1.807, 2.05) is 0 Å². The number of aliphatic carboxylic acids is 1. The second-order valence-electron chi connectivity index (χ2n) is 7.05. The first kappa shape index (κ1) is 22.1. The number of benzene rings is 1. The first-order chi connectivity index (χ1) is 15.3. The summed E-state index contributed by atoms with van der Waals surface area (Å²) in [5.41, 5.74) is 0.390. The third-order valence-corrected chi connectivity index (χ3v) is 7.78. The number of hydrogen-bond acceptors (Lipinski definition) is 9. The lowest BCUT2D eigenvalue weighted by atomic mass is 10.0. The molecule has 4 atom stereocenters. The molecular weight excluding hydrogens is 460 g/mol. The molecule has 12 nitrogen and oxygen atoms in total. The molecule has 1 unspecified atom stereocenters. The van der Waals surface area contributed by atoms with Crippen molar-refractivity contribution in [2.45, 2.75) is 22.7 Å². The van der Waals surface area contributed by atoms with Crippen molar-refractivity contribution in [1.29, 1.82) is 0 Å². The standard InChI is InChI=1S/C18H18N6O6S2/c1-23-18(20-21-22-23)31-7-10-8-32(30)16-11(15(27)24(16)12(10)17(28)29)19-14(26)13(25)9-5-3-2-4-6-9/h2-6,11,13,16,25H,7-8H2,1H3,(H,19,26)(H,28,29)/t11-,13-,16-,32?/m1/s1. The summed E-state index contributed by atoms with van der Waals surface area (Å²) in [6.07, 6.45) is -1.52. The molecule has 4 rings (SSSR count). The van der Waals surface area contributed by atoms with Crippen LogP contribution in [0.1, 0.15) is 11.7 Å². The molecule has 3 heterocycles. The molecule has 0 bridgehead atoms. The van der Waals surface area contributed by atoms with Gasteiger partial charge in [0.25, 0.3) is 11.8 Å². The van der Waals surface area contributed by atoms with Gasteiger partial charge in [0.15, 0.2) is 6.10 Å². The van der Waals surface area contributed by atoms with Crippen molar-refractivity contribution in [2.24, 2.45) is 7.05 Å². The number of carboxylic acid groups (broad SMARTS) is 1. The molecule has 2 aliphatic rings. The minimum absolute atomic E-state index is 0.0814. The number of fused-ring (bicyclic) bond motifs is 1. The maximum Gasteiger partial charge on any atom is 0.352 e. The molecule has 1 aromatic carbocycles. The van der Waals surface area contributed by atoms with Crippen LogP contribution in [0.4, 0.5) is 0 Å². The lowest BCUT2D eigenvalue weighted by Crippen LogP contribution is -2.73. The van der Waals surface area contributed by atoms with Crippen LogP contribution in [0.15, 0.2) is 46.8 Å². The fourth-order valence-electron chi connectivity index (χ4n) is 3.48. The Hall–Kier alpha value is -3.10. The van der Waals surface area contributed by atoms with E-state index in [0.29, 0.717) is 16.3 Å². The summed E-state index contributed by atoms with van der Waals surface area (Å²) in [7, 11) is -0.0334. The Morgan fingerprint density at radius 3 is 2.69 bits per heavy atom. The molecule has 0 aliphatic carbocycles. The summed E-state index contributed by atoms with van der Waals surface area (Å²) in [5, 5.41) is 32.8. The molecule has 2 amide bonds. The van der Waals surface area contributed by atoms with Gasteiger partial charge in [-0.2, -0.15) is 0 Å². The number of aromatic nitrogens is 4. The maximum atomic E-state index is 12.9. The SMILES string of the molecule is Cn1nnnc1SCC1=C(C(=O)O)N2C(=O)[C@@H](NC(=O)[C@H](O)c3ccccc3)[C@H]2S(=O)C1. The molecule has 2 aliphatic heterocycles. The Balaban J connectivity index is 1.51. The molecule has 1 fully saturated rings. The number of aliphatic hydroxyl groups is 1. The molecular formula is C18H18N6O6S2. The highest BCUT2D eigenvalue weighted by atomic mass is 32.2. The van der Waals surface area contributed by atoms with Gasteiger partial charge in [0.1, 0.15) is 17.1 Å². The van der Waals surface area contributed by atoms with Gasteiger partial charge in [-0.1, -0.05) is 42.1 Å². The number of carboxylic acids is 1. The van der Waals surface area contributed by atoms with Gasteiger partial charge in [-0.15, -0.1) is 5.10 Å². The Labute approximate surface area is 188 Å². The molecule has 0 radical (unpaired) electrons. The van der Waals surface area contributed by atoms with E-state index in [-0.39, 0.29) is 17.2 Å². The van der Waals surface area contributed by atoms with E-state index in [4.69, 9.17) is 0 Å². The Morgan fingerprint density at radius 2 is 2.06 bits per heavy atom. The monoisotopic (exact) mass is 478 g/mol. The average molecular weight is 479 g/mol. The van der Waals surface area contributed by atoms with Crippen LogP contribution in [0, 0.1) is 0 Å². The number of tetrazole rings is 1. The molecule has 168 valence electrons. The summed E-state index contributed by atoms with van der Waals surface area (Å²) in [4.78, 5) is 38.0. The van der Waals surface area contributed by atoms with Crippen molar-refractivity contribution in [1.82, 2.24) is 30.4 Å². The highest BCUT2D eigenvalue weighted by molar-refractivity contribution is 7.99. The van der Waals surface area contributed by atoms with Crippen LogP contribution >= 0.6 is 11.8 Å². The van der Waals surface area contributed by atoms with Crippen molar-refractivity contribution in [3.05, 3.63) is 47.2 Å². The summed E-state index contributed by atoms with van der Waals surface area (Å²) in [6.45, 7) is 0. The first-order valence-corrected chi connectivity index (χ1v) is 11.7. The van der Waals surface area contributed by atoms with Gasteiger partial charge < -0.3 is 15.5 Å². The fraction of sp³-hybridized carbons (Fsp3) is 0.333. The topological polar surface area (TPSA) is 168 Å². The number of carbonyl (C=O) groups is 3. The molecule has 3 N–H and O–H groups in total. The summed E-state index contributed by atoms with van der Waals surface area (Å²) < 4.78 is 14.3. The number of aliphatic hydroxyl groups excluding tert-OH is 1. The summed E-state index contributed by atoms with van der Waals surface area (Å²) in [6, 6.07) is 6.95. The van der Waals surface area contributed by atoms with Crippen molar-refractivity contribution >= 4 is 40.3 Å². The van der Waals surface area contributed by atoms with Crippen LogP contribution in [0.5, 0.6) is 0 Å². The van der Waals surface area contributed by atoms with Crippen molar-refractivity contribution in [3.63, 3.8) is 0 Å². The van der Waals surface area contributed by atoms with E-state index >= 15 is 0 Å². The van der Waals surface area contributed by atoms with Crippen LogP contribution in [0.25, 0.3) is 0 Å². The molecule has 0 saturated carbocycles. The predicted octanol–water partition coefficient (Wildman–Crippen LogP) is -1.21. The number of aryl methyl sites for hydroxylation is 1. The molecule has 32 heavy (non-hydrogen) atoms. The van der Waals surface area contributed by atoms with E-state index in [1.54, 1.807) is 37.4 Å². The number of rotatable bonds is 7. The lowest BCUT2D eigenvalue weighted by molar-refractivity contribution is -0.152. The van der Waals surface area contributed by atoms with Crippen LogP contribution in [-0.2, 0) is 32.2 Å². The third-order valence-electron chi connectivity index (χ3n) is 5.03. The van der Waals surface area contributed by atoms with E-state index in [0.717, 1.165) is 16.7 Å². The molecule has 14 heteroatoms. The van der Waals surface area contributed by atoms with Crippen LogP contribution in [0.3, 0.4) is 0 Å².